The van der Waals surface area contributed by atoms with Crippen molar-refractivity contribution in [2.45, 2.75) is 58.3 Å². The monoisotopic (exact) mass is 960 g/mol. The van der Waals surface area contributed by atoms with Crippen LogP contribution in [0.3, 0.4) is 0 Å². The molecule has 0 radical (unpaired) electrons. The molecule has 6 rings (SSSR count). The van der Waals surface area contributed by atoms with Gasteiger partial charge in [0.2, 0.25) is 0 Å². The fourth-order valence-electron chi connectivity index (χ4n) is 7.11. The number of unbranched alkanes of at least 4 members (excludes halogenated alkanes) is 6. The van der Waals surface area contributed by atoms with Crippen LogP contribution in [-0.2, 0) is 23.9 Å². The second-order valence-electron chi connectivity index (χ2n) is 16.1. The number of benzene rings is 6. The molecule has 71 heavy (non-hydrogen) atoms. The quantitative estimate of drug-likeness (QED) is 0.0129. The van der Waals surface area contributed by atoms with E-state index in [2.05, 4.69) is 30.3 Å². The maximum atomic E-state index is 14.1. The number of carbonyl (C=O) groups excluding carboxylic acids is 5. The molecule has 0 saturated heterocycles. The summed E-state index contributed by atoms with van der Waals surface area (Å²) in [5.74, 6) is -2.56. The average molecular weight is 961 g/mol. The lowest BCUT2D eigenvalue weighted by atomic mass is 10.0. The maximum absolute atomic E-state index is 14.1. The number of nitrogens with zero attached hydrogens (tertiary/aromatic N) is 1. The van der Waals surface area contributed by atoms with Gasteiger partial charge in [0.25, 0.3) is 0 Å². The van der Waals surface area contributed by atoms with Crippen molar-refractivity contribution in [1.82, 2.24) is 0 Å². The third kappa shape index (κ3) is 15.2. The van der Waals surface area contributed by atoms with Gasteiger partial charge < -0.3 is 33.2 Å². The number of fused-ring (bicyclic) bond motifs is 2. The number of hydrogen-bond acceptors (Lipinski definition) is 14. The van der Waals surface area contributed by atoms with Gasteiger partial charge in [0.15, 0.2) is 17.2 Å². The zero-order valence-electron chi connectivity index (χ0n) is 39.7. The van der Waals surface area contributed by atoms with Crippen LogP contribution in [0.15, 0.2) is 158 Å². The first-order chi connectivity index (χ1) is 34.6. The molecule has 0 aliphatic carbocycles. The van der Waals surface area contributed by atoms with Crippen molar-refractivity contribution in [3.05, 3.63) is 169 Å². The summed E-state index contributed by atoms with van der Waals surface area (Å²) in [6, 6.07) is 33.1. The molecule has 0 fully saturated rings. The fraction of sp³-hybridized carbons (Fsp3) is 0.228. The molecule has 0 aliphatic rings. The Bertz CT molecular complexity index is 2880. The van der Waals surface area contributed by atoms with Crippen molar-refractivity contribution >= 4 is 63.3 Å². The Morgan fingerprint density at radius 1 is 0.521 bits per heavy atom. The van der Waals surface area contributed by atoms with Crippen LogP contribution in [-0.4, -0.2) is 62.5 Å². The first-order valence-electron chi connectivity index (χ1n) is 23.3. The predicted molar refractivity (Wildman–Crippen MR) is 273 cm³/mol. The van der Waals surface area contributed by atoms with Gasteiger partial charge >= 0.3 is 29.8 Å². The summed E-state index contributed by atoms with van der Waals surface area (Å²) >= 11 is 0. The number of anilines is 1. The summed E-state index contributed by atoms with van der Waals surface area (Å²) < 4.78 is 40.2. The highest BCUT2D eigenvalue weighted by Crippen LogP contribution is 2.46. The number of hydrazone groups is 1. The molecule has 0 saturated carbocycles. The first-order valence-corrected chi connectivity index (χ1v) is 23.3. The van der Waals surface area contributed by atoms with E-state index in [-0.39, 0.29) is 44.9 Å². The Balaban J connectivity index is 1.26. The number of rotatable bonds is 27. The SMILES string of the molecule is C=CC(=O)OCCCCCCOc1ccc(C(=O)Oc2c(/C=N/Nc3cccc4ccccc34)c(OC(=O)C(=C)C)c(OC(=O)c3ccc(OCCCCCCOC(=O)C=C)cc3)c3ccccc23)cc1. The second-order valence-corrected chi connectivity index (χ2v) is 16.1. The van der Waals surface area contributed by atoms with Crippen LogP contribution >= 0.6 is 0 Å². The molecule has 0 spiro atoms. The van der Waals surface area contributed by atoms with Crippen LogP contribution in [0.5, 0.6) is 28.7 Å². The Morgan fingerprint density at radius 2 is 0.986 bits per heavy atom. The molecule has 0 aliphatic heterocycles. The van der Waals surface area contributed by atoms with E-state index in [0.29, 0.717) is 49.0 Å². The Labute approximate surface area is 412 Å². The van der Waals surface area contributed by atoms with E-state index in [9.17, 15) is 24.0 Å². The second kappa shape index (κ2) is 26.9. The number of esters is 5. The molecule has 0 unspecified atom stereocenters. The zero-order valence-corrected chi connectivity index (χ0v) is 39.7. The summed E-state index contributed by atoms with van der Waals surface area (Å²) in [7, 11) is 0. The highest BCUT2D eigenvalue weighted by molar-refractivity contribution is 6.09. The van der Waals surface area contributed by atoms with Crippen molar-refractivity contribution < 1.29 is 57.1 Å². The van der Waals surface area contributed by atoms with Crippen molar-refractivity contribution in [3.8, 4) is 28.7 Å². The standard InChI is InChI=1S/C57H56N2O12/c1-5-50(60)67-36-17-9-7-15-34-65-43-30-26-41(27-31-43)56(63)69-52-46-23-13-14-24-47(46)53(71-57(64)42-28-32-44(33-29-42)66-35-16-8-10-18-37-68-51(61)6-2)54(70-55(62)39(3)4)48(52)38-58-59-49-25-19-21-40-20-11-12-22-45(40)49/h5-6,11-14,19-33,38,59H,1-3,7-10,15-18,34-37H2,4H3/b58-38+. The molecule has 0 bridgehead atoms. The number of carbonyl (C=O) groups is 5. The van der Waals surface area contributed by atoms with E-state index in [4.69, 9.17) is 33.2 Å². The highest BCUT2D eigenvalue weighted by Gasteiger charge is 2.28. The van der Waals surface area contributed by atoms with Gasteiger partial charge in [-0.05, 0) is 118 Å². The maximum Gasteiger partial charge on any atom is 0.343 e. The van der Waals surface area contributed by atoms with Crippen LogP contribution in [0, 0.1) is 0 Å². The van der Waals surface area contributed by atoms with E-state index in [0.717, 1.165) is 74.3 Å². The van der Waals surface area contributed by atoms with E-state index in [1.807, 2.05) is 42.5 Å². The molecular formula is C57H56N2O12. The van der Waals surface area contributed by atoms with Gasteiger partial charge in [-0.1, -0.05) is 80.4 Å². The van der Waals surface area contributed by atoms with Crippen LogP contribution in [0.4, 0.5) is 5.69 Å². The molecule has 366 valence electrons. The third-order valence-corrected chi connectivity index (χ3v) is 10.8. The summed E-state index contributed by atoms with van der Waals surface area (Å²) in [6.07, 6.45) is 10.1. The zero-order chi connectivity index (χ0) is 50.4. The minimum absolute atomic E-state index is 0.00235. The molecular weight excluding hydrogens is 905 g/mol. The Morgan fingerprint density at radius 3 is 1.51 bits per heavy atom. The van der Waals surface area contributed by atoms with Crippen LogP contribution in [0.1, 0.15) is 84.6 Å². The molecule has 14 nitrogen and oxygen atoms in total. The van der Waals surface area contributed by atoms with E-state index >= 15 is 0 Å². The van der Waals surface area contributed by atoms with Crippen LogP contribution in [0.2, 0.25) is 0 Å². The average Bonchev–Trinajstić information content (AvgIpc) is 3.39. The third-order valence-electron chi connectivity index (χ3n) is 10.8. The molecule has 6 aromatic carbocycles. The predicted octanol–water partition coefficient (Wildman–Crippen LogP) is 11.7. The van der Waals surface area contributed by atoms with Gasteiger partial charge in [0.05, 0.1) is 55.0 Å². The van der Waals surface area contributed by atoms with E-state index in [1.54, 1.807) is 72.8 Å². The van der Waals surface area contributed by atoms with Crippen molar-refractivity contribution in [2.24, 2.45) is 5.10 Å². The van der Waals surface area contributed by atoms with Crippen molar-refractivity contribution in [1.29, 1.82) is 0 Å². The Hall–Kier alpha value is -8.52. The molecule has 0 atom stereocenters. The topological polar surface area (TPSA) is 174 Å². The lowest BCUT2D eigenvalue weighted by Crippen LogP contribution is -2.16. The van der Waals surface area contributed by atoms with Crippen molar-refractivity contribution in [3.63, 3.8) is 0 Å². The Kier molecular flexibility index (Phi) is 19.6. The molecule has 0 heterocycles. The van der Waals surface area contributed by atoms with Gasteiger partial charge in [0, 0.05) is 33.9 Å². The minimum Gasteiger partial charge on any atom is -0.494 e. The minimum atomic E-state index is -0.839. The number of ether oxygens (including phenoxy) is 7. The molecule has 1 N–H and O–H groups in total. The lowest BCUT2D eigenvalue weighted by molar-refractivity contribution is -0.138. The molecule has 0 aromatic heterocycles. The largest absolute Gasteiger partial charge is 0.494 e. The first kappa shape index (κ1) is 51.9. The van der Waals surface area contributed by atoms with Crippen LogP contribution < -0.4 is 29.1 Å². The van der Waals surface area contributed by atoms with Gasteiger partial charge in [-0.2, -0.15) is 5.10 Å². The molecule has 0 amide bonds. The summed E-state index contributed by atoms with van der Waals surface area (Å²) in [5, 5.41) is 7.02. The number of nitrogens with one attached hydrogen (secondary N) is 1. The van der Waals surface area contributed by atoms with Crippen molar-refractivity contribution in [2.75, 3.05) is 31.9 Å². The summed E-state index contributed by atoms with van der Waals surface area (Å²) in [4.78, 5) is 64.1. The molecule has 14 heteroatoms. The normalized spacial score (nSPS) is 10.8. The van der Waals surface area contributed by atoms with E-state index < -0.39 is 29.8 Å². The highest BCUT2D eigenvalue weighted by atomic mass is 16.6. The fourth-order valence-corrected chi connectivity index (χ4v) is 7.11. The summed E-state index contributed by atoms with van der Waals surface area (Å²) in [6.45, 7) is 13.6. The van der Waals surface area contributed by atoms with Gasteiger partial charge in [-0.25, -0.2) is 24.0 Å². The van der Waals surface area contributed by atoms with Gasteiger partial charge in [0.1, 0.15) is 11.5 Å². The smallest absolute Gasteiger partial charge is 0.343 e. The van der Waals surface area contributed by atoms with E-state index in [1.165, 1.54) is 13.1 Å². The number of hydrogen-bond donors (Lipinski definition) is 1. The summed E-state index contributed by atoms with van der Waals surface area (Å²) in [5.41, 5.74) is 4.15. The lowest BCUT2D eigenvalue weighted by Gasteiger charge is -2.20. The van der Waals surface area contributed by atoms with Gasteiger partial charge in [-0.3, -0.25) is 5.43 Å². The van der Waals surface area contributed by atoms with Gasteiger partial charge in [-0.15, -0.1) is 0 Å². The van der Waals surface area contributed by atoms with Crippen LogP contribution in [0.25, 0.3) is 21.5 Å². The molecule has 6 aromatic rings.